The molecule has 0 aromatic heterocycles. The second kappa shape index (κ2) is 19.5. The Morgan fingerprint density at radius 3 is 1.12 bits per heavy atom. The standard InChI is InChI=1S/C36H52Cl2O2/c1-3-5-7-9-11-13-15-17-19-27-39-35-29-23-21-26-32(38)34(29)36(30-24-22-25-31(37)33(30)35)40-28-20-18-16-14-12-10-8-6-4-2/h21-26H,3-20,27-28H2,1-2H3. The quantitative estimate of drug-likeness (QED) is 0.0860. The minimum Gasteiger partial charge on any atom is -0.492 e. The summed E-state index contributed by atoms with van der Waals surface area (Å²) in [5, 5.41) is 5.19. The third kappa shape index (κ3) is 10.3. The van der Waals surface area contributed by atoms with Gasteiger partial charge in [0.25, 0.3) is 0 Å². The third-order valence-electron chi connectivity index (χ3n) is 7.96. The average Bonchev–Trinajstić information content (AvgIpc) is 2.96. The molecule has 0 radical (unpaired) electrons. The van der Waals surface area contributed by atoms with Gasteiger partial charge in [0.1, 0.15) is 11.5 Å². The summed E-state index contributed by atoms with van der Waals surface area (Å²) < 4.78 is 13.0. The predicted octanol–water partition coefficient (Wildman–Crippen LogP) is 13.1. The summed E-state index contributed by atoms with van der Waals surface area (Å²) in [6.07, 6.45) is 23.2. The Morgan fingerprint density at radius 1 is 0.450 bits per heavy atom. The summed E-state index contributed by atoms with van der Waals surface area (Å²) in [4.78, 5) is 0. The maximum atomic E-state index is 6.80. The van der Waals surface area contributed by atoms with Crippen LogP contribution in [0, 0.1) is 0 Å². The molecule has 0 amide bonds. The minimum absolute atomic E-state index is 0.677. The highest BCUT2D eigenvalue weighted by molar-refractivity contribution is 6.40. The van der Waals surface area contributed by atoms with Gasteiger partial charge in [-0.1, -0.05) is 164 Å². The van der Waals surface area contributed by atoms with E-state index in [9.17, 15) is 0 Å². The molecule has 0 aliphatic carbocycles. The Kier molecular flexibility index (Phi) is 16.0. The van der Waals surface area contributed by atoms with Crippen LogP contribution in [-0.2, 0) is 0 Å². The van der Waals surface area contributed by atoms with Gasteiger partial charge in [-0.25, -0.2) is 0 Å². The van der Waals surface area contributed by atoms with E-state index in [2.05, 4.69) is 26.0 Å². The van der Waals surface area contributed by atoms with Crippen molar-refractivity contribution in [1.29, 1.82) is 0 Å². The van der Waals surface area contributed by atoms with Crippen molar-refractivity contribution in [3.8, 4) is 11.5 Å². The molecule has 0 fully saturated rings. The molecule has 40 heavy (non-hydrogen) atoms. The average molecular weight is 588 g/mol. The molecule has 0 aliphatic rings. The van der Waals surface area contributed by atoms with Gasteiger partial charge in [-0.2, -0.15) is 0 Å². The van der Waals surface area contributed by atoms with Crippen LogP contribution < -0.4 is 9.47 Å². The number of unbranched alkanes of at least 4 members (excludes halogenated alkanes) is 16. The summed E-state index contributed by atoms with van der Waals surface area (Å²) in [6.45, 7) is 5.90. The first-order valence-corrected chi connectivity index (χ1v) is 17.0. The predicted molar refractivity (Wildman–Crippen MR) is 177 cm³/mol. The fraction of sp³-hybridized carbons (Fsp3) is 0.611. The van der Waals surface area contributed by atoms with Crippen molar-refractivity contribution >= 4 is 44.7 Å². The summed E-state index contributed by atoms with van der Waals surface area (Å²) in [5.74, 6) is 1.65. The van der Waals surface area contributed by atoms with Gasteiger partial charge in [0, 0.05) is 21.5 Å². The van der Waals surface area contributed by atoms with Crippen molar-refractivity contribution in [1.82, 2.24) is 0 Å². The molecule has 2 nitrogen and oxygen atoms in total. The van der Waals surface area contributed by atoms with E-state index in [1.54, 1.807) is 0 Å². The Balaban J connectivity index is 1.63. The van der Waals surface area contributed by atoms with Crippen molar-refractivity contribution in [3.05, 3.63) is 46.4 Å². The second-order valence-electron chi connectivity index (χ2n) is 11.3. The Bertz CT molecular complexity index is 1040. The number of benzene rings is 3. The van der Waals surface area contributed by atoms with E-state index in [1.807, 2.05) is 24.3 Å². The van der Waals surface area contributed by atoms with E-state index in [0.717, 1.165) is 45.9 Å². The van der Waals surface area contributed by atoms with Gasteiger partial charge in [-0.15, -0.1) is 0 Å². The van der Waals surface area contributed by atoms with Crippen LogP contribution in [0.3, 0.4) is 0 Å². The zero-order valence-electron chi connectivity index (χ0n) is 25.2. The van der Waals surface area contributed by atoms with Gasteiger partial charge in [0.05, 0.1) is 23.3 Å². The summed E-state index contributed by atoms with van der Waals surface area (Å²) in [5.41, 5.74) is 0. The van der Waals surface area contributed by atoms with Crippen LogP contribution in [0.1, 0.15) is 129 Å². The largest absolute Gasteiger partial charge is 0.492 e. The number of ether oxygens (including phenoxy) is 2. The summed E-state index contributed by atoms with van der Waals surface area (Å²) in [7, 11) is 0. The number of fused-ring (bicyclic) bond motifs is 2. The zero-order chi connectivity index (χ0) is 28.4. The molecule has 0 bridgehead atoms. The summed E-state index contributed by atoms with van der Waals surface area (Å²) >= 11 is 13.6. The first-order valence-electron chi connectivity index (χ1n) is 16.3. The van der Waals surface area contributed by atoms with Crippen LogP contribution in [0.5, 0.6) is 11.5 Å². The number of halogens is 2. The normalized spacial score (nSPS) is 11.5. The van der Waals surface area contributed by atoms with Crippen LogP contribution in [0.25, 0.3) is 21.5 Å². The van der Waals surface area contributed by atoms with Gasteiger partial charge in [0.2, 0.25) is 0 Å². The fourth-order valence-corrected chi connectivity index (χ4v) is 6.15. The topological polar surface area (TPSA) is 18.5 Å². The van der Waals surface area contributed by atoms with Gasteiger partial charge in [-0.05, 0) is 25.0 Å². The Hall–Kier alpha value is -1.64. The molecule has 3 aromatic rings. The molecule has 0 aliphatic heterocycles. The lowest BCUT2D eigenvalue weighted by Crippen LogP contribution is -2.03. The smallest absolute Gasteiger partial charge is 0.136 e. The van der Waals surface area contributed by atoms with E-state index in [4.69, 9.17) is 32.7 Å². The number of rotatable bonds is 22. The maximum Gasteiger partial charge on any atom is 0.136 e. The van der Waals surface area contributed by atoms with Crippen LogP contribution in [0.4, 0.5) is 0 Å². The van der Waals surface area contributed by atoms with Gasteiger partial charge in [0.15, 0.2) is 0 Å². The SMILES string of the molecule is CCCCCCCCCCCOc1c2cccc(Cl)c2c(OCCCCCCCCCCC)c2cccc(Cl)c12. The maximum absolute atomic E-state index is 6.80. The van der Waals surface area contributed by atoms with Crippen molar-refractivity contribution in [3.63, 3.8) is 0 Å². The van der Waals surface area contributed by atoms with Crippen molar-refractivity contribution in [2.75, 3.05) is 13.2 Å². The lowest BCUT2D eigenvalue weighted by Gasteiger charge is -2.19. The van der Waals surface area contributed by atoms with Gasteiger partial charge in [-0.3, -0.25) is 0 Å². The van der Waals surface area contributed by atoms with Crippen LogP contribution in [-0.4, -0.2) is 13.2 Å². The molecule has 3 aromatic carbocycles. The van der Waals surface area contributed by atoms with E-state index < -0.39 is 0 Å². The molecule has 0 unspecified atom stereocenters. The first kappa shape index (κ1) is 32.9. The van der Waals surface area contributed by atoms with Crippen molar-refractivity contribution in [2.24, 2.45) is 0 Å². The van der Waals surface area contributed by atoms with E-state index in [1.165, 1.54) is 103 Å². The number of hydrogen-bond acceptors (Lipinski definition) is 2. The monoisotopic (exact) mass is 586 g/mol. The van der Waals surface area contributed by atoms with Gasteiger partial charge < -0.3 is 9.47 Å². The minimum atomic E-state index is 0.677. The highest BCUT2D eigenvalue weighted by Crippen LogP contribution is 2.47. The number of hydrogen-bond donors (Lipinski definition) is 0. The fourth-order valence-electron chi connectivity index (χ4n) is 5.63. The molecule has 0 N–H and O–H groups in total. The van der Waals surface area contributed by atoms with Crippen molar-refractivity contribution in [2.45, 2.75) is 129 Å². The molecule has 0 heterocycles. The van der Waals surface area contributed by atoms with E-state index in [-0.39, 0.29) is 0 Å². The highest BCUT2D eigenvalue weighted by atomic mass is 35.5. The van der Waals surface area contributed by atoms with E-state index >= 15 is 0 Å². The molecular weight excluding hydrogens is 535 g/mol. The Morgan fingerprint density at radius 2 is 0.775 bits per heavy atom. The molecule has 222 valence electrons. The lowest BCUT2D eigenvalue weighted by molar-refractivity contribution is 0.306. The van der Waals surface area contributed by atoms with Crippen LogP contribution >= 0.6 is 23.2 Å². The molecule has 3 rings (SSSR count). The third-order valence-corrected chi connectivity index (χ3v) is 8.59. The second-order valence-corrected chi connectivity index (χ2v) is 12.2. The van der Waals surface area contributed by atoms with E-state index in [0.29, 0.717) is 23.3 Å². The molecule has 0 saturated carbocycles. The highest BCUT2D eigenvalue weighted by Gasteiger charge is 2.20. The molecule has 0 spiro atoms. The zero-order valence-corrected chi connectivity index (χ0v) is 26.7. The van der Waals surface area contributed by atoms with Crippen LogP contribution in [0.15, 0.2) is 36.4 Å². The first-order chi connectivity index (χ1) is 19.7. The molecule has 0 saturated heterocycles. The van der Waals surface area contributed by atoms with Crippen LogP contribution in [0.2, 0.25) is 10.0 Å². The molecule has 0 atom stereocenters. The van der Waals surface area contributed by atoms with Crippen molar-refractivity contribution < 1.29 is 9.47 Å². The summed E-state index contributed by atoms with van der Waals surface area (Å²) in [6, 6.07) is 12.0. The Labute approximate surface area is 254 Å². The lowest BCUT2D eigenvalue weighted by atomic mass is 10.00. The van der Waals surface area contributed by atoms with Gasteiger partial charge >= 0.3 is 0 Å². The molecule has 4 heteroatoms. The molecular formula is C36H52Cl2O2.